The van der Waals surface area contributed by atoms with E-state index in [2.05, 4.69) is 36.3 Å². The first kappa shape index (κ1) is 16.4. The van der Waals surface area contributed by atoms with Gasteiger partial charge < -0.3 is 15.1 Å². The fourth-order valence-corrected chi connectivity index (χ4v) is 2.83. The second kappa shape index (κ2) is 7.39. The molecule has 124 valence electrons. The first-order chi connectivity index (χ1) is 11.7. The van der Waals surface area contributed by atoms with E-state index in [0.717, 1.165) is 29.8 Å². The Balaban J connectivity index is 1.62. The van der Waals surface area contributed by atoms with Gasteiger partial charge in [-0.1, -0.05) is 22.0 Å². The van der Waals surface area contributed by atoms with Gasteiger partial charge >= 0.3 is 0 Å². The minimum absolute atomic E-state index is 0.238. The van der Waals surface area contributed by atoms with Gasteiger partial charge in [0, 0.05) is 36.2 Å². The number of carbonyl (C=O) groups excluding carboxylic acids is 2. The van der Waals surface area contributed by atoms with Crippen LogP contribution in [0.2, 0.25) is 0 Å². The molecule has 1 saturated heterocycles. The predicted molar refractivity (Wildman–Crippen MR) is 94.0 cm³/mol. The van der Waals surface area contributed by atoms with Gasteiger partial charge in [0.2, 0.25) is 6.41 Å². The van der Waals surface area contributed by atoms with Crippen molar-refractivity contribution in [1.82, 2.24) is 15.1 Å². The van der Waals surface area contributed by atoms with Crippen LogP contribution in [0.3, 0.4) is 0 Å². The second-order valence-corrected chi connectivity index (χ2v) is 6.29. The highest BCUT2D eigenvalue weighted by molar-refractivity contribution is 9.10. The molecule has 8 heteroatoms. The van der Waals surface area contributed by atoms with Crippen LogP contribution < -0.4 is 10.2 Å². The SMILES string of the molecule is O=CN1CCN(c2ccc(NC(=O)c3cccc(Br)c3)nn2)CC1. The maximum absolute atomic E-state index is 12.2. The van der Waals surface area contributed by atoms with Gasteiger partial charge in [-0.2, -0.15) is 0 Å². The Kier molecular flexibility index (Phi) is 5.05. The normalized spacial score (nSPS) is 14.4. The highest BCUT2D eigenvalue weighted by atomic mass is 79.9. The van der Waals surface area contributed by atoms with Gasteiger partial charge in [0.1, 0.15) is 0 Å². The number of benzene rings is 1. The summed E-state index contributed by atoms with van der Waals surface area (Å²) in [5, 5.41) is 11.0. The number of carbonyl (C=O) groups is 2. The van der Waals surface area contributed by atoms with Crippen molar-refractivity contribution in [3.8, 4) is 0 Å². The Morgan fingerprint density at radius 2 is 1.92 bits per heavy atom. The molecule has 1 aliphatic heterocycles. The van der Waals surface area contributed by atoms with Gasteiger partial charge in [0.15, 0.2) is 11.6 Å². The summed E-state index contributed by atoms with van der Waals surface area (Å²) in [5.74, 6) is 0.897. The smallest absolute Gasteiger partial charge is 0.256 e. The minimum Gasteiger partial charge on any atom is -0.352 e. The van der Waals surface area contributed by atoms with Gasteiger partial charge in [0.05, 0.1) is 0 Å². The van der Waals surface area contributed by atoms with Gasteiger partial charge in [-0.05, 0) is 30.3 Å². The van der Waals surface area contributed by atoms with E-state index in [1.165, 1.54) is 0 Å². The molecule has 0 aliphatic carbocycles. The van der Waals surface area contributed by atoms with Crippen molar-refractivity contribution in [1.29, 1.82) is 0 Å². The third-order valence-electron chi connectivity index (χ3n) is 3.77. The average molecular weight is 390 g/mol. The Morgan fingerprint density at radius 1 is 1.12 bits per heavy atom. The predicted octanol–water partition coefficient (Wildman–Crippen LogP) is 1.77. The number of piperazine rings is 1. The van der Waals surface area contributed by atoms with Crippen LogP contribution in [0.1, 0.15) is 10.4 Å². The molecule has 1 aromatic carbocycles. The van der Waals surface area contributed by atoms with Crippen LogP contribution in [0, 0.1) is 0 Å². The van der Waals surface area contributed by atoms with Crippen molar-refractivity contribution in [2.24, 2.45) is 0 Å². The van der Waals surface area contributed by atoms with Gasteiger partial charge in [-0.15, -0.1) is 10.2 Å². The molecule has 0 saturated carbocycles. The number of nitrogens with one attached hydrogen (secondary N) is 1. The van der Waals surface area contributed by atoms with E-state index in [0.29, 0.717) is 24.5 Å². The van der Waals surface area contributed by atoms with E-state index in [4.69, 9.17) is 0 Å². The summed E-state index contributed by atoms with van der Waals surface area (Å²) in [7, 11) is 0. The van der Waals surface area contributed by atoms with Crippen LogP contribution in [0.4, 0.5) is 11.6 Å². The van der Waals surface area contributed by atoms with Crippen molar-refractivity contribution in [3.63, 3.8) is 0 Å². The Bertz CT molecular complexity index is 730. The van der Waals surface area contributed by atoms with Crippen LogP contribution in [-0.2, 0) is 4.79 Å². The quantitative estimate of drug-likeness (QED) is 0.806. The first-order valence-corrected chi connectivity index (χ1v) is 8.30. The van der Waals surface area contributed by atoms with E-state index in [-0.39, 0.29) is 5.91 Å². The second-order valence-electron chi connectivity index (χ2n) is 5.37. The van der Waals surface area contributed by atoms with Crippen LogP contribution >= 0.6 is 15.9 Å². The lowest BCUT2D eigenvalue weighted by Gasteiger charge is -2.32. The van der Waals surface area contributed by atoms with Crippen LogP contribution in [0.15, 0.2) is 40.9 Å². The Labute approximate surface area is 147 Å². The molecule has 2 amide bonds. The van der Waals surface area contributed by atoms with Crippen molar-refractivity contribution in [3.05, 3.63) is 46.4 Å². The summed E-state index contributed by atoms with van der Waals surface area (Å²) >= 11 is 3.34. The standard InChI is InChI=1S/C16H16BrN5O2/c17-13-3-1-2-12(10-13)16(24)18-14-4-5-15(20-19-14)22-8-6-21(11-23)7-9-22/h1-5,10-11H,6-9H2,(H,18,19,24). The molecule has 0 atom stereocenters. The number of anilines is 2. The number of aromatic nitrogens is 2. The highest BCUT2D eigenvalue weighted by Crippen LogP contribution is 2.16. The van der Waals surface area contributed by atoms with Crippen molar-refractivity contribution in [2.45, 2.75) is 0 Å². The zero-order chi connectivity index (χ0) is 16.9. The van der Waals surface area contributed by atoms with Crippen molar-refractivity contribution >= 4 is 39.9 Å². The summed E-state index contributed by atoms with van der Waals surface area (Å²) < 4.78 is 0.839. The third-order valence-corrected chi connectivity index (χ3v) is 4.26. The molecule has 3 rings (SSSR count). The third kappa shape index (κ3) is 3.88. The maximum atomic E-state index is 12.2. The molecule has 0 spiro atoms. The lowest BCUT2D eigenvalue weighted by molar-refractivity contribution is -0.118. The van der Waals surface area contributed by atoms with E-state index in [1.54, 1.807) is 29.2 Å². The summed E-state index contributed by atoms with van der Waals surface area (Å²) in [4.78, 5) is 26.7. The van der Waals surface area contributed by atoms with Crippen LogP contribution in [0.5, 0.6) is 0 Å². The minimum atomic E-state index is -0.238. The van der Waals surface area contributed by atoms with E-state index >= 15 is 0 Å². The zero-order valence-corrected chi connectivity index (χ0v) is 14.4. The molecule has 1 fully saturated rings. The molecule has 0 radical (unpaired) electrons. The largest absolute Gasteiger partial charge is 0.352 e. The lowest BCUT2D eigenvalue weighted by atomic mass is 10.2. The monoisotopic (exact) mass is 389 g/mol. The summed E-state index contributed by atoms with van der Waals surface area (Å²) in [6, 6.07) is 10.7. The van der Waals surface area contributed by atoms with Crippen LogP contribution in [-0.4, -0.2) is 53.6 Å². The Hall–Kier alpha value is -2.48. The van der Waals surface area contributed by atoms with Crippen molar-refractivity contribution < 1.29 is 9.59 Å². The number of hydrogen-bond acceptors (Lipinski definition) is 5. The summed E-state index contributed by atoms with van der Waals surface area (Å²) in [6.07, 6.45) is 0.865. The molecule has 1 aromatic heterocycles. The number of hydrogen-bond donors (Lipinski definition) is 1. The molecule has 1 aliphatic rings. The average Bonchev–Trinajstić information content (AvgIpc) is 2.62. The van der Waals surface area contributed by atoms with E-state index in [9.17, 15) is 9.59 Å². The van der Waals surface area contributed by atoms with Gasteiger partial charge in [-0.25, -0.2) is 0 Å². The molecular formula is C16H16BrN5O2. The molecule has 7 nitrogen and oxygen atoms in total. The fourth-order valence-electron chi connectivity index (χ4n) is 2.44. The van der Waals surface area contributed by atoms with Gasteiger partial charge in [-0.3, -0.25) is 9.59 Å². The number of amides is 2. The molecule has 2 aromatic rings. The first-order valence-electron chi connectivity index (χ1n) is 7.50. The van der Waals surface area contributed by atoms with Crippen molar-refractivity contribution in [2.75, 3.05) is 36.4 Å². The fraction of sp³-hybridized carbons (Fsp3) is 0.250. The maximum Gasteiger partial charge on any atom is 0.256 e. The molecule has 1 N–H and O–H groups in total. The van der Waals surface area contributed by atoms with Crippen LogP contribution in [0.25, 0.3) is 0 Å². The lowest BCUT2D eigenvalue weighted by Crippen LogP contribution is -2.46. The number of halogens is 1. The molecule has 24 heavy (non-hydrogen) atoms. The molecule has 0 bridgehead atoms. The molecular weight excluding hydrogens is 374 g/mol. The Morgan fingerprint density at radius 3 is 2.54 bits per heavy atom. The molecule has 2 heterocycles. The number of nitrogens with zero attached hydrogens (tertiary/aromatic N) is 4. The highest BCUT2D eigenvalue weighted by Gasteiger charge is 2.17. The topological polar surface area (TPSA) is 78.4 Å². The summed E-state index contributed by atoms with van der Waals surface area (Å²) in [5.41, 5.74) is 0.542. The zero-order valence-electron chi connectivity index (χ0n) is 12.9. The molecule has 0 unspecified atom stereocenters. The summed E-state index contributed by atoms with van der Waals surface area (Å²) in [6.45, 7) is 2.79. The van der Waals surface area contributed by atoms with E-state index in [1.807, 2.05) is 12.1 Å². The van der Waals surface area contributed by atoms with Gasteiger partial charge in [0.25, 0.3) is 5.91 Å². The number of rotatable bonds is 4. The van der Waals surface area contributed by atoms with E-state index < -0.39 is 0 Å².